The van der Waals surface area contributed by atoms with Crippen molar-refractivity contribution in [3.8, 4) is 0 Å². The second kappa shape index (κ2) is 6.11. The molecule has 1 aromatic heterocycles. The van der Waals surface area contributed by atoms with Crippen molar-refractivity contribution in [2.75, 3.05) is 19.6 Å². The van der Waals surface area contributed by atoms with E-state index < -0.39 is 11.4 Å². The molecule has 0 aromatic carbocycles. The van der Waals surface area contributed by atoms with Gasteiger partial charge in [-0.15, -0.1) is 10.2 Å². The van der Waals surface area contributed by atoms with Crippen LogP contribution in [0.4, 0.5) is 4.79 Å². The lowest BCUT2D eigenvalue weighted by Gasteiger charge is -2.23. The molecule has 0 bridgehead atoms. The summed E-state index contributed by atoms with van der Waals surface area (Å²) in [5, 5.41) is 19.8. The van der Waals surface area contributed by atoms with Gasteiger partial charge in [-0.25, -0.2) is 4.79 Å². The monoisotopic (exact) mass is 295 g/mol. The van der Waals surface area contributed by atoms with Crippen molar-refractivity contribution in [3.05, 3.63) is 12.2 Å². The van der Waals surface area contributed by atoms with Gasteiger partial charge in [-0.1, -0.05) is 6.92 Å². The molecule has 0 spiro atoms. The summed E-state index contributed by atoms with van der Waals surface area (Å²) < 4.78 is 1.80. The molecule has 8 nitrogen and oxygen atoms in total. The summed E-state index contributed by atoms with van der Waals surface area (Å²) in [6.07, 6.45) is 3.24. The van der Waals surface area contributed by atoms with E-state index in [1.54, 1.807) is 15.8 Å². The smallest absolute Gasteiger partial charge is 0.317 e. The lowest BCUT2D eigenvalue weighted by molar-refractivity contribution is -0.148. The SMILES string of the molecule is CCC1(C(=O)O)CCN(C(=O)NCCc2nncn2C)C1. The van der Waals surface area contributed by atoms with E-state index in [1.165, 1.54) is 0 Å². The first-order chi connectivity index (χ1) is 9.98. The third kappa shape index (κ3) is 3.14. The second-order valence-corrected chi connectivity index (χ2v) is 5.45. The standard InChI is InChI=1S/C13H21N5O3/c1-3-13(11(19)20)5-7-18(8-13)12(21)14-6-4-10-16-15-9-17(10)2/h9H,3-8H2,1-2H3,(H,14,21)(H,19,20). The van der Waals surface area contributed by atoms with Crippen LogP contribution in [0.1, 0.15) is 25.6 Å². The molecule has 1 unspecified atom stereocenters. The van der Waals surface area contributed by atoms with Gasteiger partial charge in [-0.2, -0.15) is 0 Å². The molecule has 2 heterocycles. The van der Waals surface area contributed by atoms with Crippen molar-refractivity contribution in [1.82, 2.24) is 25.0 Å². The Morgan fingerprint density at radius 3 is 2.81 bits per heavy atom. The highest BCUT2D eigenvalue weighted by atomic mass is 16.4. The summed E-state index contributed by atoms with van der Waals surface area (Å²) in [6, 6.07) is -0.214. The third-order valence-corrected chi connectivity index (χ3v) is 4.20. The molecule has 0 aliphatic carbocycles. The van der Waals surface area contributed by atoms with E-state index in [2.05, 4.69) is 15.5 Å². The molecule has 8 heteroatoms. The number of carbonyl (C=O) groups is 2. The Bertz CT molecular complexity index is 530. The highest BCUT2D eigenvalue weighted by Gasteiger charge is 2.44. The minimum atomic E-state index is -0.820. The van der Waals surface area contributed by atoms with Crippen LogP contribution < -0.4 is 5.32 Å². The van der Waals surface area contributed by atoms with Crippen LogP contribution in [0, 0.1) is 5.41 Å². The van der Waals surface area contributed by atoms with Crippen LogP contribution in [0.25, 0.3) is 0 Å². The summed E-state index contributed by atoms with van der Waals surface area (Å²) in [6.45, 7) is 3.06. The van der Waals surface area contributed by atoms with Crippen LogP contribution in [0.3, 0.4) is 0 Å². The zero-order valence-corrected chi connectivity index (χ0v) is 12.4. The number of carboxylic acids is 1. The molecule has 1 fully saturated rings. The van der Waals surface area contributed by atoms with Gasteiger partial charge < -0.3 is 19.9 Å². The third-order valence-electron chi connectivity index (χ3n) is 4.20. The highest BCUT2D eigenvalue weighted by molar-refractivity contribution is 5.79. The maximum atomic E-state index is 12.1. The Hall–Kier alpha value is -2.12. The van der Waals surface area contributed by atoms with Crippen molar-refractivity contribution < 1.29 is 14.7 Å². The fourth-order valence-electron chi connectivity index (χ4n) is 2.59. The highest BCUT2D eigenvalue weighted by Crippen LogP contribution is 2.34. The number of rotatable bonds is 5. The lowest BCUT2D eigenvalue weighted by atomic mass is 9.84. The first-order valence-electron chi connectivity index (χ1n) is 7.07. The van der Waals surface area contributed by atoms with Crippen molar-refractivity contribution in [2.24, 2.45) is 12.5 Å². The van der Waals surface area contributed by atoms with Gasteiger partial charge in [0.2, 0.25) is 0 Å². The average Bonchev–Trinajstić information content (AvgIpc) is 3.06. The molecule has 1 aliphatic heterocycles. The number of amides is 2. The molecule has 1 saturated heterocycles. The molecule has 1 atom stereocenters. The molecule has 0 saturated carbocycles. The molecule has 2 amide bonds. The molecule has 1 aromatic rings. The minimum Gasteiger partial charge on any atom is -0.481 e. The van der Waals surface area contributed by atoms with Gasteiger partial charge in [0.05, 0.1) is 5.41 Å². The number of hydrogen-bond acceptors (Lipinski definition) is 4. The van der Waals surface area contributed by atoms with Crippen LogP contribution in [-0.2, 0) is 18.3 Å². The van der Waals surface area contributed by atoms with E-state index in [-0.39, 0.29) is 12.6 Å². The number of aliphatic carboxylic acids is 1. The normalized spacial score (nSPS) is 21.5. The van der Waals surface area contributed by atoms with Gasteiger partial charge in [0.15, 0.2) is 0 Å². The van der Waals surface area contributed by atoms with Crippen LogP contribution in [0.2, 0.25) is 0 Å². The number of urea groups is 1. The van der Waals surface area contributed by atoms with E-state index in [9.17, 15) is 14.7 Å². The van der Waals surface area contributed by atoms with Crippen LogP contribution >= 0.6 is 0 Å². The fraction of sp³-hybridized carbons (Fsp3) is 0.692. The maximum absolute atomic E-state index is 12.1. The van der Waals surface area contributed by atoms with Gasteiger partial charge in [0.1, 0.15) is 12.2 Å². The van der Waals surface area contributed by atoms with E-state index >= 15 is 0 Å². The molecule has 0 radical (unpaired) electrons. The maximum Gasteiger partial charge on any atom is 0.317 e. The van der Waals surface area contributed by atoms with Gasteiger partial charge >= 0.3 is 12.0 Å². The van der Waals surface area contributed by atoms with Crippen molar-refractivity contribution in [1.29, 1.82) is 0 Å². The zero-order valence-electron chi connectivity index (χ0n) is 12.4. The number of hydrogen-bond donors (Lipinski definition) is 2. The Kier molecular flexibility index (Phi) is 4.44. The summed E-state index contributed by atoms with van der Waals surface area (Å²) in [5.74, 6) is -0.0236. The van der Waals surface area contributed by atoms with E-state index in [4.69, 9.17) is 0 Å². The van der Waals surface area contributed by atoms with E-state index in [0.717, 1.165) is 5.82 Å². The van der Waals surface area contributed by atoms with Crippen LogP contribution in [-0.4, -0.2) is 56.4 Å². The summed E-state index contributed by atoms with van der Waals surface area (Å²) in [4.78, 5) is 25.0. The quantitative estimate of drug-likeness (QED) is 0.811. The molecule has 2 N–H and O–H groups in total. The minimum absolute atomic E-state index is 0.214. The number of carboxylic acid groups (broad SMARTS) is 1. The number of aromatic nitrogens is 3. The topological polar surface area (TPSA) is 100 Å². The molecular weight excluding hydrogens is 274 g/mol. The Morgan fingerprint density at radius 2 is 2.29 bits per heavy atom. The predicted molar refractivity (Wildman–Crippen MR) is 74.7 cm³/mol. The average molecular weight is 295 g/mol. The van der Waals surface area contributed by atoms with Crippen molar-refractivity contribution >= 4 is 12.0 Å². The van der Waals surface area contributed by atoms with Gasteiger partial charge in [0.25, 0.3) is 0 Å². The van der Waals surface area contributed by atoms with Crippen LogP contribution in [0.5, 0.6) is 0 Å². The Labute approximate surface area is 123 Å². The summed E-state index contributed by atoms with van der Waals surface area (Å²) >= 11 is 0. The van der Waals surface area contributed by atoms with Crippen LogP contribution in [0.15, 0.2) is 6.33 Å². The predicted octanol–water partition coefficient (Wildman–Crippen LogP) is 0.254. The van der Waals surface area contributed by atoms with Crippen molar-refractivity contribution in [2.45, 2.75) is 26.2 Å². The summed E-state index contributed by atoms with van der Waals surface area (Å²) in [7, 11) is 1.85. The fourth-order valence-corrected chi connectivity index (χ4v) is 2.59. The number of aryl methyl sites for hydroxylation is 1. The first-order valence-corrected chi connectivity index (χ1v) is 7.07. The zero-order chi connectivity index (χ0) is 15.5. The first kappa shape index (κ1) is 15.3. The Balaban J connectivity index is 1.82. The number of nitrogens with one attached hydrogen (secondary N) is 1. The van der Waals surface area contributed by atoms with Gasteiger partial charge in [0, 0.05) is 33.1 Å². The molecule has 1 aliphatic rings. The lowest BCUT2D eigenvalue weighted by Crippen LogP contribution is -2.42. The Morgan fingerprint density at radius 1 is 1.52 bits per heavy atom. The van der Waals surface area contributed by atoms with Crippen molar-refractivity contribution in [3.63, 3.8) is 0 Å². The molecular formula is C13H21N5O3. The molecule has 116 valence electrons. The second-order valence-electron chi connectivity index (χ2n) is 5.45. The number of likely N-dealkylation sites (tertiary alicyclic amines) is 1. The van der Waals surface area contributed by atoms with E-state index in [1.807, 2.05) is 14.0 Å². The molecule has 21 heavy (non-hydrogen) atoms. The summed E-state index contributed by atoms with van der Waals surface area (Å²) in [5.41, 5.74) is -0.791. The molecule has 2 rings (SSSR count). The largest absolute Gasteiger partial charge is 0.481 e. The van der Waals surface area contributed by atoms with E-state index in [0.29, 0.717) is 32.4 Å². The number of nitrogens with zero attached hydrogens (tertiary/aromatic N) is 4. The number of carbonyl (C=O) groups excluding carboxylic acids is 1. The van der Waals surface area contributed by atoms with Gasteiger partial charge in [-0.05, 0) is 12.8 Å². The van der Waals surface area contributed by atoms with Gasteiger partial charge in [-0.3, -0.25) is 4.79 Å².